The van der Waals surface area contributed by atoms with E-state index in [2.05, 4.69) is 5.92 Å². The minimum atomic E-state index is -1.85. The average molecular weight is 118 g/mol. The first-order valence-corrected chi connectivity index (χ1v) is 2.91. The maximum atomic E-state index is 9.90. The molecule has 0 aliphatic heterocycles. The Balaban J connectivity index is 3.63. The summed E-state index contributed by atoms with van der Waals surface area (Å²) in [5.41, 5.74) is 0. The summed E-state index contributed by atoms with van der Waals surface area (Å²) in [6.45, 7) is 1.51. The molecule has 0 aliphatic carbocycles. The van der Waals surface area contributed by atoms with Gasteiger partial charge in [-0.3, -0.25) is 0 Å². The molecule has 0 heterocycles. The molecule has 0 aromatic heterocycles. The van der Waals surface area contributed by atoms with Crippen molar-refractivity contribution < 1.29 is 8.76 Å². The van der Waals surface area contributed by atoms with Crippen LogP contribution in [0, 0.1) is 12.3 Å². The molecule has 1 N–H and O–H groups in total. The second-order valence-electron chi connectivity index (χ2n) is 1.09. The molecule has 3 heteroatoms. The Kier molecular flexibility index (Phi) is 2.65. The van der Waals surface area contributed by atoms with Gasteiger partial charge in [0.15, 0.2) is 11.1 Å². The van der Waals surface area contributed by atoms with Gasteiger partial charge in [0.2, 0.25) is 0 Å². The van der Waals surface area contributed by atoms with Gasteiger partial charge in [0, 0.05) is 0 Å². The Labute approximate surface area is 45.2 Å². The summed E-state index contributed by atoms with van der Waals surface area (Å²) in [6, 6.07) is 0. The van der Waals surface area contributed by atoms with Crippen molar-refractivity contribution in [3.63, 3.8) is 0 Å². The second kappa shape index (κ2) is 2.78. The monoisotopic (exact) mass is 118 g/mol. The quantitative estimate of drug-likeness (QED) is 0.395. The van der Waals surface area contributed by atoms with E-state index >= 15 is 0 Å². The molecule has 0 radical (unpaired) electrons. The molecule has 2 nitrogen and oxygen atoms in total. The molecule has 0 bridgehead atoms. The lowest BCUT2D eigenvalue weighted by atomic mass is 10.5. The van der Waals surface area contributed by atoms with Crippen molar-refractivity contribution in [2.45, 2.75) is 12.2 Å². The minimum Gasteiger partial charge on any atom is -0.305 e. The highest BCUT2D eigenvalue weighted by molar-refractivity contribution is 7.80. The van der Waals surface area contributed by atoms with E-state index in [9.17, 15) is 4.21 Å². The zero-order chi connectivity index (χ0) is 5.86. The Bertz CT molecular complexity index is 113. The lowest BCUT2D eigenvalue weighted by Crippen LogP contribution is -2.04. The summed E-state index contributed by atoms with van der Waals surface area (Å²) in [5, 5.41) is -0.542. The fraction of sp³-hybridized carbons (Fsp3) is 0.500. The first-order chi connectivity index (χ1) is 3.18. The molecule has 0 saturated carbocycles. The van der Waals surface area contributed by atoms with E-state index in [1.807, 2.05) is 0 Å². The van der Waals surface area contributed by atoms with Crippen LogP contribution in [0.15, 0.2) is 0 Å². The van der Waals surface area contributed by atoms with Crippen LogP contribution < -0.4 is 0 Å². The summed E-state index contributed by atoms with van der Waals surface area (Å²) in [7, 11) is 0. The molecule has 2 atom stereocenters. The molecule has 0 fully saturated rings. The van der Waals surface area contributed by atoms with Crippen molar-refractivity contribution in [3.05, 3.63) is 0 Å². The molecule has 0 aliphatic rings. The molecular formula is C4H6O2S. The van der Waals surface area contributed by atoms with E-state index in [0.717, 1.165) is 0 Å². The van der Waals surface area contributed by atoms with Gasteiger partial charge in [0.1, 0.15) is 5.25 Å². The van der Waals surface area contributed by atoms with E-state index in [4.69, 9.17) is 11.0 Å². The maximum absolute atomic E-state index is 9.90. The van der Waals surface area contributed by atoms with Crippen LogP contribution >= 0.6 is 0 Å². The molecule has 7 heavy (non-hydrogen) atoms. The highest BCUT2D eigenvalue weighted by Gasteiger charge is 1.99. The van der Waals surface area contributed by atoms with Crippen LogP contribution in [0.2, 0.25) is 0 Å². The van der Waals surface area contributed by atoms with Crippen molar-refractivity contribution in [1.82, 2.24) is 0 Å². The predicted molar refractivity (Wildman–Crippen MR) is 29.1 cm³/mol. The molecular weight excluding hydrogens is 112 g/mol. The Morgan fingerprint density at radius 3 is 2.43 bits per heavy atom. The van der Waals surface area contributed by atoms with Crippen LogP contribution in [0.3, 0.4) is 0 Å². The Morgan fingerprint density at radius 1 is 2.00 bits per heavy atom. The van der Waals surface area contributed by atoms with Crippen LogP contribution in [0.25, 0.3) is 0 Å². The summed E-state index contributed by atoms with van der Waals surface area (Å²) in [5.74, 6) is 2.11. The van der Waals surface area contributed by atoms with Gasteiger partial charge in [0.25, 0.3) is 0 Å². The highest BCUT2D eigenvalue weighted by atomic mass is 32.2. The van der Waals surface area contributed by atoms with E-state index in [1.165, 1.54) is 6.92 Å². The van der Waals surface area contributed by atoms with Crippen LogP contribution in [-0.4, -0.2) is 14.0 Å². The van der Waals surface area contributed by atoms with Gasteiger partial charge >= 0.3 is 0 Å². The van der Waals surface area contributed by atoms with Gasteiger partial charge in [-0.2, -0.15) is 0 Å². The highest BCUT2D eigenvalue weighted by Crippen LogP contribution is 1.85. The van der Waals surface area contributed by atoms with Gasteiger partial charge in [-0.25, -0.2) is 4.21 Å². The molecule has 40 valence electrons. The number of hydrogen-bond donors (Lipinski definition) is 1. The summed E-state index contributed by atoms with van der Waals surface area (Å²) < 4.78 is 18.0. The molecule has 0 saturated heterocycles. The lowest BCUT2D eigenvalue weighted by molar-refractivity contribution is 0.560. The second-order valence-corrected chi connectivity index (χ2v) is 2.34. The van der Waals surface area contributed by atoms with E-state index in [0.29, 0.717) is 0 Å². The van der Waals surface area contributed by atoms with Crippen LogP contribution in [-0.2, 0) is 11.1 Å². The fourth-order valence-corrected chi connectivity index (χ4v) is 0.175. The van der Waals surface area contributed by atoms with Gasteiger partial charge in [-0.15, -0.1) is 6.42 Å². The molecule has 2 unspecified atom stereocenters. The van der Waals surface area contributed by atoms with Crippen molar-refractivity contribution in [2.24, 2.45) is 0 Å². The van der Waals surface area contributed by atoms with Crippen LogP contribution in [0.5, 0.6) is 0 Å². The standard InChI is InChI=1S/C4H6O2S/c1-3-4(2)7(5)6/h1,4H,2H3,(H,5,6). The summed E-state index contributed by atoms with van der Waals surface area (Å²) >= 11 is -1.85. The first-order valence-electron chi connectivity index (χ1n) is 1.74. The van der Waals surface area contributed by atoms with Gasteiger partial charge in [-0.1, -0.05) is 5.92 Å². The largest absolute Gasteiger partial charge is 0.305 e. The topological polar surface area (TPSA) is 37.3 Å². The Hall–Kier alpha value is -0.330. The molecule has 0 amide bonds. The lowest BCUT2D eigenvalue weighted by Gasteiger charge is -1.90. The van der Waals surface area contributed by atoms with Crippen LogP contribution in [0.4, 0.5) is 0 Å². The summed E-state index contributed by atoms with van der Waals surface area (Å²) in [4.78, 5) is 0. The van der Waals surface area contributed by atoms with E-state index < -0.39 is 16.3 Å². The van der Waals surface area contributed by atoms with Crippen molar-refractivity contribution >= 4 is 11.1 Å². The average Bonchev–Trinajstić information content (AvgIpc) is 1.65. The number of hydrogen-bond acceptors (Lipinski definition) is 1. The molecule has 0 aromatic carbocycles. The molecule has 0 spiro atoms. The van der Waals surface area contributed by atoms with Crippen molar-refractivity contribution in [2.75, 3.05) is 0 Å². The fourth-order valence-electron chi connectivity index (χ4n) is 0.0582. The predicted octanol–water partition coefficient (Wildman–Crippen LogP) is 0.230. The Morgan fingerprint density at radius 2 is 2.43 bits per heavy atom. The van der Waals surface area contributed by atoms with E-state index in [-0.39, 0.29) is 0 Å². The zero-order valence-electron chi connectivity index (χ0n) is 3.92. The smallest absolute Gasteiger partial charge is 0.168 e. The van der Waals surface area contributed by atoms with Gasteiger partial charge in [0.05, 0.1) is 0 Å². The van der Waals surface area contributed by atoms with Gasteiger partial charge in [-0.05, 0) is 6.92 Å². The SMILES string of the molecule is C#CC(C)S(=O)O. The van der Waals surface area contributed by atoms with E-state index in [1.54, 1.807) is 0 Å². The van der Waals surface area contributed by atoms with Crippen molar-refractivity contribution in [3.8, 4) is 12.3 Å². The van der Waals surface area contributed by atoms with Crippen molar-refractivity contribution in [1.29, 1.82) is 0 Å². The third kappa shape index (κ3) is 2.38. The third-order valence-corrected chi connectivity index (χ3v) is 1.28. The first kappa shape index (κ1) is 6.67. The zero-order valence-corrected chi connectivity index (χ0v) is 4.73. The number of rotatable bonds is 1. The molecule has 0 rings (SSSR count). The molecule has 0 aromatic rings. The third-order valence-electron chi connectivity index (χ3n) is 0.537. The minimum absolute atomic E-state index is 0.542. The number of terminal acetylenes is 1. The maximum Gasteiger partial charge on any atom is 0.168 e. The van der Waals surface area contributed by atoms with Crippen LogP contribution in [0.1, 0.15) is 6.92 Å². The summed E-state index contributed by atoms with van der Waals surface area (Å²) in [6.07, 6.45) is 4.77. The normalized spacial score (nSPS) is 17.3. The van der Waals surface area contributed by atoms with Gasteiger partial charge < -0.3 is 4.55 Å².